The Morgan fingerprint density at radius 3 is 2.69 bits per heavy atom. The van der Waals surface area contributed by atoms with Crippen LogP contribution in [0.1, 0.15) is 25.0 Å². The number of anilines is 5. The maximum Gasteiger partial charge on any atom is 0.238 e. The van der Waals surface area contributed by atoms with E-state index in [0.717, 1.165) is 35.5 Å². The molecule has 1 aliphatic heterocycles. The molecule has 0 aromatic carbocycles. The van der Waals surface area contributed by atoms with Crippen molar-refractivity contribution in [3.05, 3.63) is 36.5 Å². The van der Waals surface area contributed by atoms with Crippen LogP contribution in [0.3, 0.4) is 0 Å². The molecular formula is C24H29N11O. The molecule has 6 rings (SSSR count). The lowest BCUT2D eigenvalue weighted by molar-refractivity contribution is -0.117. The summed E-state index contributed by atoms with van der Waals surface area (Å²) in [4.78, 5) is 28.4. The smallest absolute Gasteiger partial charge is 0.238 e. The van der Waals surface area contributed by atoms with Crippen LogP contribution in [0.4, 0.5) is 28.8 Å². The Morgan fingerprint density at radius 2 is 1.94 bits per heavy atom. The minimum Gasteiger partial charge on any atom is -0.337 e. The van der Waals surface area contributed by atoms with Gasteiger partial charge in [-0.05, 0) is 44.2 Å². The van der Waals surface area contributed by atoms with Crippen molar-refractivity contribution in [1.29, 1.82) is 0 Å². The van der Waals surface area contributed by atoms with E-state index in [-0.39, 0.29) is 5.91 Å². The molecule has 1 spiro atoms. The number of hydrogen-bond donors (Lipinski definition) is 3. The lowest BCUT2D eigenvalue weighted by Gasteiger charge is -2.16. The highest BCUT2D eigenvalue weighted by Crippen LogP contribution is 2.52. The first kappa shape index (κ1) is 22.4. The Morgan fingerprint density at radius 1 is 1.08 bits per heavy atom. The number of nitrogens with zero attached hydrogens (tertiary/aromatic N) is 8. The van der Waals surface area contributed by atoms with Crippen molar-refractivity contribution in [2.75, 3.05) is 35.6 Å². The van der Waals surface area contributed by atoms with Crippen LogP contribution in [0.5, 0.6) is 0 Å². The van der Waals surface area contributed by atoms with Crippen LogP contribution in [-0.4, -0.2) is 65.0 Å². The number of amides is 1. The van der Waals surface area contributed by atoms with Crippen molar-refractivity contribution >= 4 is 45.8 Å². The molecule has 3 N–H and O–H groups in total. The number of carbonyl (C=O) groups is 1. The predicted molar refractivity (Wildman–Crippen MR) is 136 cm³/mol. The number of rotatable bonds is 7. The molecule has 2 fully saturated rings. The number of pyridine rings is 1. The molecule has 12 heteroatoms. The van der Waals surface area contributed by atoms with Crippen molar-refractivity contribution in [3.8, 4) is 0 Å². The van der Waals surface area contributed by atoms with E-state index in [1.807, 2.05) is 33.3 Å². The van der Waals surface area contributed by atoms with E-state index < -0.39 is 0 Å². The van der Waals surface area contributed by atoms with Crippen molar-refractivity contribution < 1.29 is 4.79 Å². The molecule has 186 valence electrons. The molecule has 12 nitrogen and oxygen atoms in total. The zero-order valence-corrected chi connectivity index (χ0v) is 20.6. The average molecular weight is 488 g/mol. The Hall–Kier alpha value is -4.06. The Balaban J connectivity index is 1.17. The number of aromatic nitrogens is 7. The van der Waals surface area contributed by atoms with E-state index >= 15 is 0 Å². The van der Waals surface area contributed by atoms with Crippen molar-refractivity contribution in [1.82, 2.24) is 39.4 Å². The molecule has 5 heterocycles. The first-order valence-electron chi connectivity index (χ1n) is 12.1. The molecule has 1 aliphatic carbocycles. The number of hydrogen-bond acceptors (Lipinski definition) is 9. The van der Waals surface area contributed by atoms with E-state index in [1.165, 1.54) is 19.3 Å². The Bertz CT molecular complexity index is 1450. The molecule has 1 saturated carbocycles. The summed E-state index contributed by atoms with van der Waals surface area (Å²) in [7, 11) is 3.68. The molecule has 2 aliphatic rings. The van der Waals surface area contributed by atoms with Gasteiger partial charge in [-0.25, -0.2) is 9.67 Å². The second-order valence-corrected chi connectivity index (χ2v) is 9.92. The zero-order chi connectivity index (χ0) is 24.9. The van der Waals surface area contributed by atoms with Crippen LogP contribution in [0.15, 0.2) is 30.9 Å². The largest absolute Gasteiger partial charge is 0.337 e. The van der Waals surface area contributed by atoms with Gasteiger partial charge in [-0.2, -0.15) is 15.2 Å². The monoisotopic (exact) mass is 487 g/mol. The van der Waals surface area contributed by atoms with Crippen LogP contribution >= 0.6 is 0 Å². The summed E-state index contributed by atoms with van der Waals surface area (Å²) in [5.74, 6) is 1.05. The molecule has 0 radical (unpaired) electrons. The minimum atomic E-state index is -0.0189. The van der Waals surface area contributed by atoms with Gasteiger partial charge in [0.2, 0.25) is 11.9 Å². The summed E-state index contributed by atoms with van der Waals surface area (Å²) in [6.07, 6.45) is 10.8. The van der Waals surface area contributed by atoms with Gasteiger partial charge in [0.05, 0.1) is 47.1 Å². The van der Waals surface area contributed by atoms with E-state index in [0.29, 0.717) is 35.1 Å². The van der Waals surface area contributed by atoms with Crippen molar-refractivity contribution in [2.24, 2.45) is 19.5 Å². The van der Waals surface area contributed by atoms with Gasteiger partial charge in [0, 0.05) is 33.0 Å². The third kappa shape index (κ3) is 4.47. The normalized spacial score (nSPS) is 16.5. The summed E-state index contributed by atoms with van der Waals surface area (Å²) >= 11 is 0. The highest BCUT2D eigenvalue weighted by atomic mass is 16.2. The minimum absolute atomic E-state index is 0.0189. The van der Waals surface area contributed by atoms with Crippen LogP contribution < -0.4 is 16.0 Å². The second kappa shape index (κ2) is 8.55. The van der Waals surface area contributed by atoms with Gasteiger partial charge in [-0.3, -0.25) is 19.4 Å². The van der Waals surface area contributed by atoms with E-state index in [9.17, 15) is 4.79 Å². The van der Waals surface area contributed by atoms with E-state index in [2.05, 4.69) is 46.0 Å². The predicted octanol–water partition coefficient (Wildman–Crippen LogP) is 2.71. The van der Waals surface area contributed by atoms with Gasteiger partial charge in [0.15, 0.2) is 11.5 Å². The summed E-state index contributed by atoms with van der Waals surface area (Å²) in [6.45, 7) is 4.36. The quantitative estimate of drug-likeness (QED) is 0.360. The van der Waals surface area contributed by atoms with Crippen LogP contribution in [0, 0.1) is 12.3 Å². The van der Waals surface area contributed by atoms with Gasteiger partial charge in [0.25, 0.3) is 0 Å². The van der Waals surface area contributed by atoms with E-state index in [4.69, 9.17) is 0 Å². The van der Waals surface area contributed by atoms with Crippen molar-refractivity contribution in [2.45, 2.75) is 26.2 Å². The van der Waals surface area contributed by atoms with E-state index in [1.54, 1.807) is 28.0 Å². The second-order valence-electron chi connectivity index (χ2n) is 9.92. The molecule has 0 unspecified atom stereocenters. The molecule has 36 heavy (non-hydrogen) atoms. The zero-order valence-electron chi connectivity index (χ0n) is 20.6. The number of carbonyl (C=O) groups excluding carboxylic acids is 1. The first-order valence-corrected chi connectivity index (χ1v) is 12.1. The first-order chi connectivity index (χ1) is 17.4. The average Bonchev–Trinajstić information content (AvgIpc) is 3.12. The Labute approximate surface area is 208 Å². The maximum atomic E-state index is 12.7. The maximum absolute atomic E-state index is 12.7. The van der Waals surface area contributed by atoms with Gasteiger partial charge >= 0.3 is 0 Å². The summed E-state index contributed by atoms with van der Waals surface area (Å²) in [5.41, 5.74) is 4.17. The standard InChI is InChI=1S/C24H29N11O/c1-15-19(8-16(9-25-15)28-20(36)13-35-7-6-24(14-35)4-5-24)30-21-18-11-26-23(31-22(18)34(3)32-21)29-17-10-27-33(2)12-17/h8-12H,4-7,13-14H2,1-3H3,(H,28,36)(H,30,32)(H,26,29,31). The van der Waals surface area contributed by atoms with Crippen LogP contribution in [0.2, 0.25) is 0 Å². The highest BCUT2D eigenvalue weighted by molar-refractivity contribution is 5.93. The fourth-order valence-corrected chi connectivity index (χ4v) is 4.81. The van der Waals surface area contributed by atoms with Gasteiger partial charge in [0.1, 0.15) is 0 Å². The molecule has 4 aromatic heterocycles. The van der Waals surface area contributed by atoms with Gasteiger partial charge in [-0.1, -0.05) is 0 Å². The highest BCUT2D eigenvalue weighted by Gasteiger charge is 2.47. The lowest BCUT2D eigenvalue weighted by atomic mass is 10.1. The lowest BCUT2D eigenvalue weighted by Crippen LogP contribution is -2.31. The molecule has 1 saturated heterocycles. The fourth-order valence-electron chi connectivity index (χ4n) is 4.81. The van der Waals surface area contributed by atoms with Crippen LogP contribution in [0.25, 0.3) is 11.0 Å². The van der Waals surface area contributed by atoms with Gasteiger partial charge < -0.3 is 16.0 Å². The molecule has 0 bridgehead atoms. The number of fused-ring (bicyclic) bond motifs is 1. The fraction of sp³-hybridized carbons (Fsp3) is 0.417. The topological polar surface area (TPSA) is 131 Å². The SMILES string of the molecule is Cc1ncc(NC(=O)CN2CCC3(CC3)C2)cc1Nc1nn(C)c2nc(Nc3cnn(C)c3)ncc12. The van der Waals surface area contributed by atoms with Crippen LogP contribution in [-0.2, 0) is 18.9 Å². The number of likely N-dealkylation sites (tertiary alicyclic amines) is 1. The molecule has 0 atom stereocenters. The number of aryl methyl sites for hydroxylation is 3. The summed E-state index contributed by atoms with van der Waals surface area (Å²) < 4.78 is 3.40. The summed E-state index contributed by atoms with van der Waals surface area (Å²) in [6, 6.07) is 1.88. The third-order valence-electron chi connectivity index (χ3n) is 7.01. The number of nitrogens with one attached hydrogen (secondary N) is 3. The van der Waals surface area contributed by atoms with Crippen molar-refractivity contribution in [3.63, 3.8) is 0 Å². The molecule has 4 aromatic rings. The third-order valence-corrected chi connectivity index (χ3v) is 7.01. The molecule has 1 amide bonds. The van der Waals surface area contributed by atoms with Gasteiger partial charge in [-0.15, -0.1) is 0 Å². The molecular weight excluding hydrogens is 458 g/mol. The Kier molecular flexibility index (Phi) is 5.32. The summed E-state index contributed by atoms with van der Waals surface area (Å²) in [5, 5.41) is 19.0.